The summed E-state index contributed by atoms with van der Waals surface area (Å²) < 4.78 is 22.3. The Labute approximate surface area is 239 Å². The van der Waals surface area contributed by atoms with Crippen LogP contribution >= 0.6 is 8.16 Å². The lowest BCUT2D eigenvalue weighted by molar-refractivity contribution is 0.403. The van der Waals surface area contributed by atoms with Crippen LogP contribution in [0.1, 0.15) is 23.6 Å². The highest BCUT2D eigenvalue weighted by atomic mass is 31.1. The summed E-state index contributed by atoms with van der Waals surface area (Å²) in [6.07, 6.45) is 1.90. The van der Waals surface area contributed by atoms with Crippen molar-refractivity contribution in [2.75, 3.05) is 11.8 Å². The second-order valence-electron chi connectivity index (χ2n) is 10.5. The molecule has 4 nitrogen and oxygen atoms in total. The van der Waals surface area contributed by atoms with E-state index in [1.165, 1.54) is 16.3 Å². The van der Waals surface area contributed by atoms with E-state index in [2.05, 4.69) is 114 Å². The first-order valence-corrected chi connectivity index (χ1v) is 15.1. The Morgan fingerprint density at radius 1 is 0.659 bits per heavy atom. The first kappa shape index (κ1) is 24.2. The molecule has 0 bridgehead atoms. The molecule has 0 saturated heterocycles. The number of rotatable bonds is 3. The number of methoxy groups -OCH3 is 1. The lowest BCUT2D eigenvalue weighted by atomic mass is 9.93. The number of para-hydroxylation sites is 2. The smallest absolute Gasteiger partial charge is 0.342 e. The molecule has 6 aromatic carbocycles. The van der Waals surface area contributed by atoms with Crippen molar-refractivity contribution in [1.82, 2.24) is 0 Å². The Morgan fingerprint density at radius 2 is 1.24 bits per heavy atom. The van der Waals surface area contributed by atoms with Gasteiger partial charge in [-0.25, -0.2) is 0 Å². The van der Waals surface area contributed by atoms with Gasteiger partial charge in [0.2, 0.25) is 0 Å². The van der Waals surface area contributed by atoms with Crippen molar-refractivity contribution in [2.24, 2.45) is 0 Å². The monoisotopic (exact) mass is 553 g/mol. The van der Waals surface area contributed by atoms with Gasteiger partial charge in [-0.15, -0.1) is 0 Å². The molecule has 200 valence electrons. The third-order valence-corrected chi connectivity index (χ3v) is 9.83. The van der Waals surface area contributed by atoms with Crippen LogP contribution in [0.4, 0.5) is 5.69 Å². The molecular formula is C36H28NO3P. The molecule has 0 fully saturated rings. The van der Waals surface area contributed by atoms with Gasteiger partial charge >= 0.3 is 8.16 Å². The van der Waals surface area contributed by atoms with E-state index in [1.807, 2.05) is 12.1 Å². The molecule has 0 N–H and O–H groups in total. The van der Waals surface area contributed by atoms with Gasteiger partial charge < -0.3 is 13.1 Å². The van der Waals surface area contributed by atoms with Crippen molar-refractivity contribution in [3.63, 3.8) is 0 Å². The highest BCUT2D eigenvalue weighted by Crippen LogP contribution is 2.52. The number of nitrogens with zero attached hydrogens (tertiary/aromatic N) is 1. The largest absolute Gasteiger partial charge is 0.496 e. The zero-order valence-corrected chi connectivity index (χ0v) is 23.6. The SMILES string of the molecule is COc1ccccc1[C@@H]1CCc2ccccc2N1p1oc2ccc3ccccc3c2c2c(ccc3ccccc32)o1. The lowest BCUT2D eigenvalue weighted by Crippen LogP contribution is -2.27. The maximum Gasteiger partial charge on any atom is 0.342 e. The highest BCUT2D eigenvalue weighted by Gasteiger charge is 2.33. The van der Waals surface area contributed by atoms with E-state index in [9.17, 15) is 0 Å². The fourth-order valence-corrected chi connectivity index (χ4v) is 8.10. The van der Waals surface area contributed by atoms with Crippen molar-refractivity contribution in [1.29, 1.82) is 0 Å². The van der Waals surface area contributed by atoms with Gasteiger partial charge in [-0.2, -0.15) is 0 Å². The zero-order chi connectivity index (χ0) is 27.3. The molecule has 41 heavy (non-hydrogen) atoms. The third-order valence-electron chi connectivity index (χ3n) is 8.28. The molecule has 1 aliphatic heterocycles. The van der Waals surface area contributed by atoms with E-state index >= 15 is 0 Å². The fraction of sp³-hybridized carbons (Fsp3) is 0.111. The lowest BCUT2D eigenvalue weighted by Gasteiger charge is -2.36. The maximum absolute atomic E-state index is 7.05. The van der Waals surface area contributed by atoms with Gasteiger partial charge in [0.1, 0.15) is 16.9 Å². The number of hydrogen-bond acceptors (Lipinski definition) is 4. The van der Waals surface area contributed by atoms with Crippen LogP contribution < -0.4 is 9.41 Å². The van der Waals surface area contributed by atoms with Crippen molar-refractivity contribution in [2.45, 2.75) is 18.9 Å². The van der Waals surface area contributed by atoms with Crippen molar-refractivity contribution < 1.29 is 13.1 Å². The van der Waals surface area contributed by atoms with Gasteiger partial charge in [-0.1, -0.05) is 97.1 Å². The molecular weight excluding hydrogens is 525 g/mol. The molecule has 5 heteroatoms. The van der Waals surface area contributed by atoms with Gasteiger partial charge in [0, 0.05) is 16.3 Å². The van der Waals surface area contributed by atoms with Crippen LogP contribution in [0.5, 0.6) is 5.75 Å². The normalized spacial score (nSPS) is 15.0. The summed E-state index contributed by atoms with van der Waals surface area (Å²) in [6.45, 7) is 0. The van der Waals surface area contributed by atoms with Gasteiger partial charge in [-0.05, 0) is 64.2 Å². The molecule has 0 aliphatic carbocycles. The molecule has 7 aromatic rings. The summed E-state index contributed by atoms with van der Waals surface area (Å²) >= 11 is 0. The number of fused-ring (bicyclic) bond motifs is 8. The Hall–Kier alpha value is -4.66. The first-order chi connectivity index (χ1) is 20.3. The minimum absolute atomic E-state index is 0.0260. The maximum atomic E-state index is 7.05. The van der Waals surface area contributed by atoms with Crippen molar-refractivity contribution in [3.05, 3.63) is 132 Å². The summed E-state index contributed by atoms with van der Waals surface area (Å²) in [4.78, 5) is 0. The van der Waals surface area contributed by atoms with Gasteiger partial charge in [0.25, 0.3) is 0 Å². The molecule has 1 atom stereocenters. The predicted molar refractivity (Wildman–Crippen MR) is 170 cm³/mol. The fourth-order valence-electron chi connectivity index (χ4n) is 6.40. The Kier molecular flexibility index (Phi) is 5.75. The molecule has 1 aromatic heterocycles. The summed E-state index contributed by atoms with van der Waals surface area (Å²) in [5.41, 5.74) is 5.27. The molecule has 0 unspecified atom stereocenters. The molecule has 0 spiro atoms. The molecule has 0 saturated carbocycles. The van der Waals surface area contributed by atoms with E-state index in [0.29, 0.717) is 0 Å². The second-order valence-corrected chi connectivity index (χ2v) is 11.8. The highest BCUT2D eigenvalue weighted by molar-refractivity contribution is 7.39. The minimum atomic E-state index is -1.59. The molecule has 1 aliphatic rings. The van der Waals surface area contributed by atoms with Crippen molar-refractivity contribution in [3.8, 4) is 5.75 Å². The van der Waals surface area contributed by atoms with Crippen LogP contribution in [0.25, 0.3) is 43.5 Å². The average molecular weight is 554 g/mol. The summed E-state index contributed by atoms with van der Waals surface area (Å²) in [5.74, 6) is 0.879. The Morgan fingerprint density at radius 3 is 1.93 bits per heavy atom. The van der Waals surface area contributed by atoms with E-state index in [0.717, 1.165) is 62.6 Å². The second kappa shape index (κ2) is 9.76. The van der Waals surface area contributed by atoms with Crippen LogP contribution in [0, 0.1) is 0 Å². The number of hydrogen-bond donors (Lipinski definition) is 0. The number of benzene rings is 6. The Bertz CT molecular complexity index is 2040. The van der Waals surface area contributed by atoms with E-state index in [-0.39, 0.29) is 6.04 Å². The van der Waals surface area contributed by atoms with Gasteiger partial charge in [-0.3, -0.25) is 4.67 Å². The van der Waals surface area contributed by atoms with Crippen molar-refractivity contribution >= 4 is 57.3 Å². The standard InChI is InChI=1S/C36H28NO3P/c1-38-32-17-9-7-15-29(32)31-21-18-26-12-4-8-16-30(26)37(31)41-39-33-22-19-24-10-2-5-13-27(24)35(33)36-28-14-6-3-11-25(28)20-23-34(36)40-41/h2-17,19-20,22-23,31H,18,21H2,1H3/t31-/m0/s1. The van der Waals surface area contributed by atoms with E-state index < -0.39 is 8.16 Å². The minimum Gasteiger partial charge on any atom is -0.496 e. The van der Waals surface area contributed by atoms with Crippen LogP contribution in [-0.2, 0) is 6.42 Å². The molecule has 2 heterocycles. The van der Waals surface area contributed by atoms with Gasteiger partial charge in [0.05, 0.1) is 18.8 Å². The number of anilines is 1. The van der Waals surface area contributed by atoms with Crippen LogP contribution in [0.3, 0.4) is 0 Å². The van der Waals surface area contributed by atoms with Crippen LogP contribution in [0.2, 0.25) is 0 Å². The summed E-state index contributed by atoms with van der Waals surface area (Å²) in [6, 6.07) is 42.6. The average Bonchev–Trinajstić information content (AvgIpc) is 3.21. The van der Waals surface area contributed by atoms with Crippen LogP contribution in [0.15, 0.2) is 130 Å². The number of aryl methyl sites for hydroxylation is 1. The topological polar surface area (TPSA) is 38.8 Å². The van der Waals surface area contributed by atoms with E-state index in [1.54, 1.807) is 7.11 Å². The van der Waals surface area contributed by atoms with Crippen LogP contribution in [-0.4, -0.2) is 7.11 Å². The molecule has 0 radical (unpaired) electrons. The van der Waals surface area contributed by atoms with Gasteiger partial charge in [0.15, 0.2) is 0 Å². The molecule has 8 rings (SSSR count). The third kappa shape index (κ3) is 3.90. The first-order valence-electron chi connectivity index (χ1n) is 14.0. The predicted octanol–water partition coefficient (Wildman–Crippen LogP) is 10.6. The number of ether oxygens (including phenoxy) is 1. The Balaban J connectivity index is 1.51. The summed E-state index contributed by atoms with van der Waals surface area (Å²) in [7, 11) is 0.153. The molecule has 0 amide bonds. The quantitative estimate of drug-likeness (QED) is 0.218. The summed E-state index contributed by atoms with van der Waals surface area (Å²) in [5, 5.41) is 6.83. The zero-order valence-electron chi connectivity index (χ0n) is 22.7. The van der Waals surface area contributed by atoms with E-state index in [4.69, 9.17) is 13.1 Å².